The predicted molar refractivity (Wildman–Crippen MR) is 59.7 cm³/mol. The van der Waals surface area contributed by atoms with Gasteiger partial charge in [-0.25, -0.2) is 8.42 Å². The molecule has 0 fully saturated rings. The fourth-order valence-corrected chi connectivity index (χ4v) is 1.49. The van der Waals surface area contributed by atoms with E-state index in [0.717, 1.165) is 11.8 Å². The Kier molecular flexibility index (Phi) is 3.89. The Hall–Kier alpha value is -1.56. The van der Waals surface area contributed by atoms with Crippen LogP contribution in [0.3, 0.4) is 0 Å². The molecule has 1 rings (SSSR count). The summed E-state index contributed by atoms with van der Waals surface area (Å²) in [6.45, 7) is 1.61. The summed E-state index contributed by atoms with van der Waals surface area (Å²) >= 11 is 0. The van der Waals surface area contributed by atoms with Crippen LogP contribution in [-0.4, -0.2) is 27.2 Å². The first-order chi connectivity index (χ1) is 7.37. The van der Waals surface area contributed by atoms with Crippen molar-refractivity contribution in [3.8, 4) is 5.75 Å². The highest BCUT2D eigenvalue weighted by atomic mass is 32.2. The Morgan fingerprint density at radius 1 is 1.31 bits per heavy atom. The van der Waals surface area contributed by atoms with Crippen LogP contribution in [0.15, 0.2) is 24.3 Å². The summed E-state index contributed by atoms with van der Waals surface area (Å²) in [6.07, 6.45) is 0.913. The van der Waals surface area contributed by atoms with E-state index in [4.69, 9.17) is 4.74 Å². The van der Waals surface area contributed by atoms with E-state index in [1.165, 1.54) is 0 Å². The molecule has 0 atom stereocenters. The van der Waals surface area contributed by atoms with Crippen molar-refractivity contribution in [3.05, 3.63) is 29.8 Å². The van der Waals surface area contributed by atoms with E-state index in [9.17, 15) is 13.2 Å². The second-order valence-electron chi connectivity index (χ2n) is 3.40. The van der Waals surface area contributed by atoms with Gasteiger partial charge in [-0.2, -0.15) is 0 Å². The van der Waals surface area contributed by atoms with Crippen LogP contribution in [0.5, 0.6) is 5.75 Å². The molecule has 16 heavy (non-hydrogen) atoms. The predicted octanol–water partition coefficient (Wildman–Crippen LogP) is 0.450. The van der Waals surface area contributed by atoms with Crippen LogP contribution in [-0.2, 0) is 14.8 Å². The Labute approximate surface area is 94.5 Å². The van der Waals surface area contributed by atoms with Gasteiger partial charge in [0.15, 0.2) is 6.61 Å². The highest BCUT2D eigenvalue weighted by Gasteiger charge is 2.08. The minimum Gasteiger partial charge on any atom is -0.484 e. The van der Waals surface area contributed by atoms with Gasteiger partial charge in [0.25, 0.3) is 5.91 Å². The zero-order chi connectivity index (χ0) is 12.2. The van der Waals surface area contributed by atoms with Crippen molar-refractivity contribution in [1.29, 1.82) is 0 Å². The standard InChI is InChI=1S/C10H13NO4S/c1-8-3-5-9(6-4-8)15-7-10(12)11-16(2,13)14/h3-6H,7H2,1-2H3,(H,11,12). The number of benzene rings is 1. The van der Waals surface area contributed by atoms with Gasteiger partial charge < -0.3 is 4.74 Å². The molecule has 6 heteroatoms. The lowest BCUT2D eigenvalue weighted by Crippen LogP contribution is -2.33. The molecule has 0 heterocycles. The third-order valence-electron chi connectivity index (χ3n) is 1.69. The van der Waals surface area contributed by atoms with Gasteiger partial charge in [-0.3, -0.25) is 9.52 Å². The Morgan fingerprint density at radius 2 is 1.88 bits per heavy atom. The minimum absolute atomic E-state index is 0.323. The second kappa shape index (κ2) is 4.98. The second-order valence-corrected chi connectivity index (χ2v) is 5.15. The number of carbonyl (C=O) groups excluding carboxylic acids is 1. The highest BCUT2D eigenvalue weighted by Crippen LogP contribution is 2.10. The monoisotopic (exact) mass is 243 g/mol. The smallest absolute Gasteiger partial charge is 0.271 e. The molecule has 0 radical (unpaired) electrons. The molecule has 0 spiro atoms. The van der Waals surface area contributed by atoms with E-state index in [0.29, 0.717) is 5.75 Å². The maximum atomic E-state index is 11.1. The SMILES string of the molecule is Cc1ccc(OCC(=O)NS(C)(=O)=O)cc1. The van der Waals surface area contributed by atoms with Gasteiger partial charge in [-0.05, 0) is 19.1 Å². The first-order valence-electron chi connectivity index (χ1n) is 4.57. The molecule has 0 unspecified atom stereocenters. The Balaban J connectivity index is 2.46. The summed E-state index contributed by atoms with van der Waals surface area (Å²) in [5.41, 5.74) is 1.08. The topological polar surface area (TPSA) is 72.5 Å². The molecule has 0 saturated heterocycles. The zero-order valence-corrected chi connectivity index (χ0v) is 9.87. The molecule has 1 amide bonds. The van der Waals surface area contributed by atoms with Crippen molar-refractivity contribution in [2.45, 2.75) is 6.92 Å². The van der Waals surface area contributed by atoms with Crippen molar-refractivity contribution in [1.82, 2.24) is 4.72 Å². The van der Waals surface area contributed by atoms with E-state index in [1.54, 1.807) is 12.1 Å². The molecule has 5 nitrogen and oxygen atoms in total. The zero-order valence-electron chi connectivity index (χ0n) is 9.06. The van der Waals surface area contributed by atoms with Gasteiger partial charge >= 0.3 is 0 Å². The van der Waals surface area contributed by atoms with E-state index in [2.05, 4.69) is 0 Å². The van der Waals surface area contributed by atoms with Crippen LogP contribution >= 0.6 is 0 Å². The van der Waals surface area contributed by atoms with Crippen LogP contribution < -0.4 is 9.46 Å². The van der Waals surface area contributed by atoms with Gasteiger partial charge in [0.2, 0.25) is 10.0 Å². The van der Waals surface area contributed by atoms with E-state index >= 15 is 0 Å². The summed E-state index contributed by atoms with van der Waals surface area (Å²) in [5.74, 6) is -0.169. The molecule has 0 aliphatic rings. The summed E-state index contributed by atoms with van der Waals surface area (Å²) in [6, 6.07) is 7.10. The first-order valence-corrected chi connectivity index (χ1v) is 6.46. The molecular formula is C10H13NO4S. The molecule has 0 saturated carbocycles. The molecule has 1 N–H and O–H groups in total. The summed E-state index contributed by atoms with van der Waals surface area (Å²) in [5, 5.41) is 0. The van der Waals surface area contributed by atoms with Crippen LogP contribution in [0.2, 0.25) is 0 Å². The lowest BCUT2D eigenvalue weighted by atomic mass is 10.2. The number of carbonyl (C=O) groups is 1. The quantitative estimate of drug-likeness (QED) is 0.833. The third-order valence-corrected chi connectivity index (χ3v) is 2.29. The number of aryl methyl sites for hydroxylation is 1. The maximum Gasteiger partial charge on any atom is 0.271 e. The fraction of sp³-hybridized carbons (Fsp3) is 0.300. The largest absolute Gasteiger partial charge is 0.484 e. The van der Waals surface area contributed by atoms with Gasteiger partial charge in [-0.15, -0.1) is 0 Å². The molecular weight excluding hydrogens is 230 g/mol. The van der Waals surface area contributed by atoms with Gasteiger partial charge in [0.1, 0.15) is 5.75 Å². The molecule has 0 bridgehead atoms. The number of hydrogen-bond donors (Lipinski definition) is 1. The van der Waals surface area contributed by atoms with Crippen LogP contribution in [0.1, 0.15) is 5.56 Å². The van der Waals surface area contributed by atoms with Gasteiger partial charge in [0.05, 0.1) is 6.26 Å². The Morgan fingerprint density at radius 3 is 2.38 bits per heavy atom. The average molecular weight is 243 g/mol. The molecule has 0 aliphatic heterocycles. The number of ether oxygens (including phenoxy) is 1. The summed E-state index contributed by atoms with van der Waals surface area (Å²) in [7, 11) is -3.51. The number of nitrogens with one attached hydrogen (secondary N) is 1. The Bertz CT molecular complexity index is 464. The lowest BCUT2D eigenvalue weighted by molar-refractivity contribution is -0.121. The third kappa shape index (κ3) is 4.79. The van der Waals surface area contributed by atoms with Crippen molar-refractivity contribution in [2.24, 2.45) is 0 Å². The van der Waals surface area contributed by atoms with Crippen molar-refractivity contribution in [2.75, 3.05) is 12.9 Å². The number of sulfonamides is 1. The fourth-order valence-electron chi connectivity index (χ4n) is 1.02. The summed E-state index contributed by atoms with van der Waals surface area (Å²) < 4.78 is 28.3. The average Bonchev–Trinajstić information content (AvgIpc) is 2.14. The minimum atomic E-state index is -3.51. The van der Waals surface area contributed by atoms with E-state index < -0.39 is 15.9 Å². The molecule has 0 aromatic heterocycles. The van der Waals surface area contributed by atoms with Gasteiger partial charge in [-0.1, -0.05) is 17.7 Å². The van der Waals surface area contributed by atoms with Crippen LogP contribution in [0.25, 0.3) is 0 Å². The molecule has 0 aliphatic carbocycles. The van der Waals surface area contributed by atoms with Gasteiger partial charge in [0, 0.05) is 0 Å². The van der Waals surface area contributed by atoms with Crippen molar-refractivity contribution >= 4 is 15.9 Å². The van der Waals surface area contributed by atoms with E-state index in [1.807, 2.05) is 23.8 Å². The lowest BCUT2D eigenvalue weighted by Gasteiger charge is -2.06. The van der Waals surface area contributed by atoms with Crippen LogP contribution in [0, 0.1) is 6.92 Å². The van der Waals surface area contributed by atoms with Crippen molar-refractivity contribution in [3.63, 3.8) is 0 Å². The molecule has 1 aromatic rings. The highest BCUT2D eigenvalue weighted by molar-refractivity contribution is 7.89. The first kappa shape index (κ1) is 12.5. The molecule has 88 valence electrons. The maximum absolute atomic E-state index is 11.1. The number of rotatable bonds is 4. The van der Waals surface area contributed by atoms with E-state index in [-0.39, 0.29) is 6.61 Å². The summed E-state index contributed by atoms with van der Waals surface area (Å²) in [4.78, 5) is 11.1. The van der Waals surface area contributed by atoms with Crippen LogP contribution in [0.4, 0.5) is 0 Å². The number of amides is 1. The molecule has 1 aromatic carbocycles. The number of hydrogen-bond acceptors (Lipinski definition) is 4. The normalized spacial score (nSPS) is 10.9. The van der Waals surface area contributed by atoms with Crippen molar-refractivity contribution < 1.29 is 17.9 Å².